The van der Waals surface area contributed by atoms with Crippen molar-refractivity contribution < 1.29 is 9.59 Å². The molecule has 0 aliphatic rings. The number of nitrogens with one attached hydrogen (secondary N) is 2. The number of aromatic nitrogens is 1. The van der Waals surface area contributed by atoms with Gasteiger partial charge in [0.15, 0.2) is 0 Å². The topological polar surface area (TPSA) is 71.1 Å². The molecule has 7 heteroatoms. The molecule has 0 unspecified atom stereocenters. The summed E-state index contributed by atoms with van der Waals surface area (Å²) in [5.74, 6) is -0.567. The quantitative estimate of drug-likeness (QED) is 0.645. The first kappa shape index (κ1) is 18.9. The van der Waals surface area contributed by atoms with E-state index in [1.807, 2.05) is 0 Å². The molecule has 2 N–H and O–H groups in total. The van der Waals surface area contributed by atoms with Crippen molar-refractivity contribution >= 4 is 46.4 Å². The number of amides is 2. The lowest BCUT2D eigenvalue weighted by molar-refractivity contribution is -0.115. The highest BCUT2D eigenvalue weighted by atomic mass is 35.5. The zero-order valence-corrected chi connectivity index (χ0v) is 15.6. The fourth-order valence-electron chi connectivity index (χ4n) is 2.44. The van der Waals surface area contributed by atoms with Gasteiger partial charge in [-0.15, -0.1) is 0 Å². The maximum absolute atomic E-state index is 12.4. The molecule has 136 valence electrons. The Balaban J connectivity index is 1.68. The normalized spacial score (nSPS) is 10.3. The Bertz CT molecular complexity index is 958. The third-order valence-corrected chi connectivity index (χ3v) is 4.45. The van der Waals surface area contributed by atoms with Crippen LogP contribution in [-0.4, -0.2) is 16.8 Å². The molecule has 0 spiro atoms. The minimum atomic E-state index is -0.286. The molecule has 0 radical (unpaired) electrons. The maximum atomic E-state index is 12.4. The monoisotopic (exact) mass is 399 g/mol. The fraction of sp³-hybridized carbons (Fsp3) is 0.0500. The molecule has 0 atom stereocenters. The van der Waals surface area contributed by atoms with Gasteiger partial charge in [0.25, 0.3) is 5.91 Å². The highest BCUT2D eigenvalue weighted by molar-refractivity contribution is 6.36. The third-order valence-electron chi connectivity index (χ3n) is 3.75. The standard InChI is InChI=1S/C20H15Cl2N3O2/c21-17-5-2-6-18(22)16(17)12-19(26)24-15-4-1-3-13(11-15)20(27)25-14-7-9-23-10-8-14/h1-11H,12H2,(H,24,26)(H,23,25,27). The van der Waals surface area contributed by atoms with E-state index in [1.165, 1.54) is 0 Å². The van der Waals surface area contributed by atoms with Crippen molar-refractivity contribution in [2.24, 2.45) is 0 Å². The summed E-state index contributed by atoms with van der Waals surface area (Å²) in [6.45, 7) is 0. The van der Waals surface area contributed by atoms with Crippen LogP contribution in [-0.2, 0) is 11.2 Å². The van der Waals surface area contributed by atoms with Gasteiger partial charge in [0.1, 0.15) is 0 Å². The van der Waals surface area contributed by atoms with Crippen LogP contribution in [0.4, 0.5) is 11.4 Å². The number of carbonyl (C=O) groups excluding carboxylic acids is 2. The highest BCUT2D eigenvalue weighted by Gasteiger charge is 2.12. The summed E-state index contributed by atoms with van der Waals surface area (Å²) in [4.78, 5) is 28.6. The van der Waals surface area contributed by atoms with Gasteiger partial charge in [0.05, 0.1) is 6.42 Å². The van der Waals surface area contributed by atoms with E-state index >= 15 is 0 Å². The minimum Gasteiger partial charge on any atom is -0.326 e. The maximum Gasteiger partial charge on any atom is 0.255 e. The lowest BCUT2D eigenvalue weighted by Gasteiger charge is -2.10. The molecule has 3 rings (SSSR count). The predicted octanol–water partition coefficient (Wildman–Crippen LogP) is 4.82. The van der Waals surface area contributed by atoms with Gasteiger partial charge in [-0.05, 0) is 48.0 Å². The lowest BCUT2D eigenvalue weighted by Crippen LogP contribution is -2.16. The van der Waals surface area contributed by atoms with Gasteiger partial charge < -0.3 is 10.6 Å². The van der Waals surface area contributed by atoms with Crippen LogP contribution in [0.25, 0.3) is 0 Å². The minimum absolute atomic E-state index is 0.0337. The number of hydrogen-bond acceptors (Lipinski definition) is 3. The Morgan fingerprint density at radius 3 is 2.22 bits per heavy atom. The summed E-state index contributed by atoms with van der Waals surface area (Å²) in [5, 5.41) is 6.39. The second-order valence-electron chi connectivity index (χ2n) is 5.70. The molecule has 0 saturated heterocycles. The molecule has 0 bridgehead atoms. The Morgan fingerprint density at radius 2 is 1.52 bits per heavy atom. The zero-order valence-electron chi connectivity index (χ0n) is 14.1. The summed E-state index contributed by atoms with van der Waals surface area (Å²) in [6.07, 6.45) is 3.21. The van der Waals surface area contributed by atoms with Crippen molar-refractivity contribution in [3.05, 3.63) is 88.2 Å². The van der Waals surface area contributed by atoms with Crippen molar-refractivity contribution in [1.29, 1.82) is 0 Å². The smallest absolute Gasteiger partial charge is 0.255 e. The van der Waals surface area contributed by atoms with E-state index in [-0.39, 0.29) is 18.2 Å². The average Bonchev–Trinajstić information content (AvgIpc) is 2.66. The first-order chi connectivity index (χ1) is 13.0. The zero-order chi connectivity index (χ0) is 19.2. The number of carbonyl (C=O) groups is 2. The molecule has 2 aromatic carbocycles. The van der Waals surface area contributed by atoms with Gasteiger partial charge in [-0.2, -0.15) is 0 Å². The molecular weight excluding hydrogens is 385 g/mol. The van der Waals surface area contributed by atoms with E-state index in [0.717, 1.165) is 0 Å². The van der Waals surface area contributed by atoms with Crippen molar-refractivity contribution in [2.75, 3.05) is 10.6 Å². The highest BCUT2D eigenvalue weighted by Crippen LogP contribution is 2.25. The number of pyridine rings is 1. The van der Waals surface area contributed by atoms with Gasteiger partial charge in [-0.1, -0.05) is 35.3 Å². The average molecular weight is 400 g/mol. The van der Waals surface area contributed by atoms with Gasteiger partial charge >= 0.3 is 0 Å². The van der Waals surface area contributed by atoms with Gasteiger partial charge in [-0.3, -0.25) is 14.6 Å². The van der Waals surface area contributed by atoms with Crippen LogP contribution in [0.3, 0.4) is 0 Å². The van der Waals surface area contributed by atoms with E-state index in [4.69, 9.17) is 23.2 Å². The first-order valence-electron chi connectivity index (χ1n) is 8.07. The summed E-state index contributed by atoms with van der Waals surface area (Å²) in [6, 6.07) is 15.1. The van der Waals surface area contributed by atoms with Gasteiger partial charge in [-0.25, -0.2) is 0 Å². The molecule has 27 heavy (non-hydrogen) atoms. The first-order valence-corrected chi connectivity index (χ1v) is 8.83. The van der Waals surface area contributed by atoms with E-state index in [1.54, 1.807) is 67.0 Å². The summed E-state index contributed by atoms with van der Waals surface area (Å²) < 4.78 is 0. The number of nitrogens with zero attached hydrogens (tertiary/aromatic N) is 1. The predicted molar refractivity (Wildman–Crippen MR) is 107 cm³/mol. The second kappa shape index (κ2) is 8.66. The molecule has 0 fully saturated rings. The Morgan fingerprint density at radius 1 is 0.852 bits per heavy atom. The molecular formula is C20H15Cl2N3O2. The molecule has 0 saturated carbocycles. The van der Waals surface area contributed by atoms with Crippen molar-refractivity contribution in [1.82, 2.24) is 4.98 Å². The Kier molecular flexibility index (Phi) is 6.06. The lowest BCUT2D eigenvalue weighted by atomic mass is 10.1. The summed E-state index contributed by atoms with van der Waals surface area (Å²) in [5.41, 5.74) is 2.12. The number of hydrogen-bond donors (Lipinski definition) is 2. The SMILES string of the molecule is O=C(Cc1c(Cl)cccc1Cl)Nc1cccc(C(=O)Nc2ccncc2)c1. The fourth-order valence-corrected chi connectivity index (χ4v) is 2.97. The van der Waals surface area contributed by atoms with Gasteiger partial charge in [0, 0.05) is 39.4 Å². The summed E-state index contributed by atoms with van der Waals surface area (Å²) >= 11 is 12.2. The number of rotatable bonds is 5. The van der Waals surface area contributed by atoms with E-state index in [9.17, 15) is 9.59 Å². The van der Waals surface area contributed by atoms with E-state index < -0.39 is 0 Å². The van der Waals surface area contributed by atoms with Crippen LogP contribution in [0.1, 0.15) is 15.9 Å². The molecule has 0 aliphatic heterocycles. The van der Waals surface area contributed by atoms with E-state index in [0.29, 0.717) is 32.5 Å². The Hall–Kier alpha value is -2.89. The molecule has 1 heterocycles. The van der Waals surface area contributed by atoms with Crippen molar-refractivity contribution in [3.63, 3.8) is 0 Å². The molecule has 5 nitrogen and oxygen atoms in total. The van der Waals surface area contributed by atoms with Crippen LogP contribution < -0.4 is 10.6 Å². The summed E-state index contributed by atoms with van der Waals surface area (Å²) in [7, 11) is 0. The van der Waals surface area contributed by atoms with Crippen LogP contribution in [0.15, 0.2) is 67.0 Å². The van der Waals surface area contributed by atoms with Crippen LogP contribution >= 0.6 is 23.2 Å². The molecule has 2 amide bonds. The molecule has 1 aromatic heterocycles. The Labute approximate surface area is 166 Å². The van der Waals surface area contributed by atoms with Crippen LogP contribution in [0.2, 0.25) is 10.0 Å². The van der Waals surface area contributed by atoms with Crippen LogP contribution in [0.5, 0.6) is 0 Å². The molecule has 0 aliphatic carbocycles. The molecule has 3 aromatic rings. The largest absolute Gasteiger partial charge is 0.326 e. The number of anilines is 2. The van der Waals surface area contributed by atoms with Gasteiger partial charge in [0.2, 0.25) is 5.91 Å². The van der Waals surface area contributed by atoms with Crippen molar-refractivity contribution in [3.8, 4) is 0 Å². The second-order valence-corrected chi connectivity index (χ2v) is 6.51. The number of halogens is 2. The van der Waals surface area contributed by atoms with E-state index in [2.05, 4.69) is 15.6 Å². The third kappa shape index (κ3) is 5.06. The van der Waals surface area contributed by atoms with Crippen molar-refractivity contribution in [2.45, 2.75) is 6.42 Å². The number of benzene rings is 2. The van der Waals surface area contributed by atoms with Crippen LogP contribution in [0, 0.1) is 0 Å².